The molecule has 0 N–H and O–H groups in total. The van der Waals surface area contributed by atoms with Gasteiger partial charge < -0.3 is 14.2 Å². The van der Waals surface area contributed by atoms with Crippen molar-refractivity contribution in [2.75, 3.05) is 19.1 Å². The quantitative estimate of drug-likeness (QED) is 0.782. The second-order valence-corrected chi connectivity index (χ2v) is 5.80. The number of rotatable bonds is 2. The summed E-state index contributed by atoms with van der Waals surface area (Å²) in [6.45, 7) is 0. The van der Waals surface area contributed by atoms with Gasteiger partial charge in [0.25, 0.3) is 5.91 Å². The molecule has 1 atom stereocenters. The standard InChI is InChI=1S/C17H12ClNO5/c1-22-12-6-4-9-13(14(12)23-2)15(20)19-11-5-3-8(18)7-10(11)17(21)24-16(9)19/h3-7,16H,1-2H3. The van der Waals surface area contributed by atoms with Gasteiger partial charge in [0.1, 0.15) is 0 Å². The van der Waals surface area contributed by atoms with E-state index in [4.69, 9.17) is 25.8 Å². The van der Waals surface area contributed by atoms with Crippen molar-refractivity contribution in [3.63, 3.8) is 0 Å². The number of fused-ring (bicyclic) bond motifs is 5. The number of ether oxygens (including phenoxy) is 3. The third-order valence-corrected chi connectivity index (χ3v) is 4.40. The van der Waals surface area contributed by atoms with Crippen LogP contribution in [0.25, 0.3) is 0 Å². The van der Waals surface area contributed by atoms with Crippen molar-refractivity contribution < 1.29 is 23.8 Å². The van der Waals surface area contributed by atoms with Crippen LogP contribution in [-0.4, -0.2) is 26.1 Å². The summed E-state index contributed by atoms with van der Waals surface area (Å²) in [7, 11) is 2.96. The van der Waals surface area contributed by atoms with E-state index in [1.54, 1.807) is 24.3 Å². The van der Waals surface area contributed by atoms with Gasteiger partial charge in [0, 0.05) is 10.6 Å². The molecule has 2 aromatic carbocycles. The van der Waals surface area contributed by atoms with Crippen LogP contribution < -0.4 is 14.4 Å². The highest BCUT2D eigenvalue weighted by Gasteiger charge is 2.47. The van der Waals surface area contributed by atoms with E-state index >= 15 is 0 Å². The normalized spacial score (nSPS) is 17.8. The number of carbonyl (C=O) groups excluding carboxylic acids is 2. The molecule has 0 spiro atoms. The van der Waals surface area contributed by atoms with E-state index in [2.05, 4.69) is 0 Å². The van der Waals surface area contributed by atoms with Crippen LogP contribution in [0.5, 0.6) is 11.5 Å². The number of hydrogen-bond donors (Lipinski definition) is 0. The minimum Gasteiger partial charge on any atom is -0.493 e. The molecule has 0 aromatic heterocycles. The molecule has 0 saturated heterocycles. The fraction of sp³-hybridized carbons (Fsp3) is 0.176. The molecular weight excluding hydrogens is 334 g/mol. The lowest BCUT2D eigenvalue weighted by Gasteiger charge is -2.31. The number of amides is 1. The molecule has 6 nitrogen and oxygen atoms in total. The Labute approximate surface area is 142 Å². The minimum absolute atomic E-state index is 0.255. The van der Waals surface area contributed by atoms with Crippen molar-refractivity contribution in [2.45, 2.75) is 6.23 Å². The summed E-state index contributed by atoms with van der Waals surface area (Å²) >= 11 is 5.95. The van der Waals surface area contributed by atoms with Gasteiger partial charge in [0.15, 0.2) is 11.5 Å². The van der Waals surface area contributed by atoms with E-state index in [9.17, 15) is 9.59 Å². The highest BCUT2D eigenvalue weighted by molar-refractivity contribution is 6.31. The summed E-state index contributed by atoms with van der Waals surface area (Å²) in [6, 6.07) is 8.14. The van der Waals surface area contributed by atoms with Crippen molar-refractivity contribution in [2.24, 2.45) is 0 Å². The van der Waals surface area contributed by atoms with Gasteiger partial charge in [-0.1, -0.05) is 11.6 Å². The van der Waals surface area contributed by atoms with Gasteiger partial charge in [-0.3, -0.25) is 9.69 Å². The van der Waals surface area contributed by atoms with E-state index in [1.807, 2.05) is 0 Å². The highest BCUT2D eigenvalue weighted by Crippen LogP contribution is 2.48. The molecule has 0 bridgehead atoms. The van der Waals surface area contributed by atoms with Crippen LogP contribution in [0.2, 0.25) is 5.02 Å². The molecule has 122 valence electrons. The summed E-state index contributed by atoms with van der Waals surface area (Å²) in [5, 5.41) is 0.396. The number of carbonyl (C=O) groups is 2. The molecule has 4 rings (SSSR count). The summed E-state index contributed by atoms with van der Waals surface area (Å²) < 4.78 is 16.1. The Morgan fingerprint density at radius 2 is 1.92 bits per heavy atom. The van der Waals surface area contributed by atoms with Crippen molar-refractivity contribution in [1.82, 2.24) is 0 Å². The first-order valence-electron chi connectivity index (χ1n) is 7.15. The zero-order valence-electron chi connectivity index (χ0n) is 12.8. The molecule has 1 unspecified atom stereocenters. The monoisotopic (exact) mass is 345 g/mol. The first-order valence-corrected chi connectivity index (χ1v) is 7.53. The van der Waals surface area contributed by atoms with Gasteiger partial charge in [0.2, 0.25) is 6.23 Å². The molecule has 0 saturated carbocycles. The Balaban J connectivity index is 1.94. The fourth-order valence-electron chi connectivity index (χ4n) is 3.13. The molecule has 7 heteroatoms. The smallest absolute Gasteiger partial charge is 0.342 e. The van der Waals surface area contributed by atoms with Crippen molar-refractivity contribution in [3.05, 3.63) is 52.0 Å². The highest BCUT2D eigenvalue weighted by atomic mass is 35.5. The largest absolute Gasteiger partial charge is 0.493 e. The lowest BCUT2D eigenvalue weighted by molar-refractivity contribution is 0.0273. The number of esters is 1. The van der Waals surface area contributed by atoms with Crippen LogP contribution >= 0.6 is 11.6 Å². The molecule has 2 heterocycles. The molecule has 2 aliphatic rings. The lowest BCUT2D eigenvalue weighted by Crippen LogP contribution is -2.36. The summed E-state index contributed by atoms with van der Waals surface area (Å²) in [4.78, 5) is 26.7. The van der Waals surface area contributed by atoms with Gasteiger partial charge in [-0.15, -0.1) is 0 Å². The van der Waals surface area contributed by atoms with Crippen LogP contribution in [0.3, 0.4) is 0 Å². The molecule has 2 aliphatic heterocycles. The topological polar surface area (TPSA) is 65.1 Å². The third-order valence-electron chi connectivity index (χ3n) is 4.17. The number of hydrogen-bond acceptors (Lipinski definition) is 5. The number of benzene rings is 2. The fourth-order valence-corrected chi connectivity index (χ4v) is 3.31. The number of halogens is 1. The van der Waals surface area contributed by atoms with E-state index < -0.39 is 12.2 Å². The summed E-state index contributed by atoms with van der Waals surface area (Å²) in [5.74, 6) is -0.0842. The minimum atomic E-state index is -0.825. The number of nitrogens with zero attached hydrogens (tertiary/aromatic N) is 1. The summed E-state index contributed by atoms with van der Waals surface area (Å²) in [5.41, 5.74) is 1.61. The molecule has 24 heavy (non-hydrogen) atoms. The van der Waals surface area contributed by atoms with E-state index in [1.165, 1.54) is 25.2 Å². The first kappa shape index (κ1) is 14.8. The van der Waals surface area contributed by atoms with Gasteiger partial charge in [-0.05, 0) is 30.3 Å². The Bertz CT molecular complexity index is 895. The van der Waals surface area contributed by atoms with Crippen LogP contribution in [0.15, 0.2) is 30.3 Å². The summed E-state index contributed by atoms with van der Waals surface area (Å²) in [6.07, 6.45) is -0.825. The maximum atomic E-state index is 13.0. The molecular formula is C17H12ClNO5. The van der Waals surface area contributed by atoms with Crippen LogP contribution in [0.1, 0.15) is 32.5 Å². The number of anilines is 1. The second kappa shape index (κ2) is 5.14. The average molecular weight is 346 g/mol. The third kappa shape index (κ3) is 1.83. The predicted molar refractivity (Wildman–Crippen MR) is 86.0 cm³/mol. The first-order chi connectivity index (χ1) is 11.6. The maximum absolute atomic E-state index is 13.0. The van der Waals surface area contributed by atoms with Gasteiger partial charge in [0.05, 0.1) is 31.0 Å². The Morgan fingerprint density at radius 3 is 2.62 bits per heavy atom. The van der Waals surface area contributed by atoms with E-state index in [0.717, 1.165) is 0 Å². The van der Waals surface area contributed by atoms with Crippen molar-refractivity contribution >= 4 is 29.2 Å². The van der Waals surface area contributed by atoms with Crippen molar-refractivity contribution in [1.29, 1.82) is 0 Å². The Kier molecular flexibility index (Phi) is 3.18. The average Bonchev–Trinajstić information content (AvgIpc) is 2.87. The van der Waals surface area contributed by atoms with Crippen LogP contribution in [-0.2, 0) is 4.74 Å². The lowest BCUT2D eigenvalue weighted by atomic mass is 10.1. The molecule has 0 aliphatic carbocycles. The second-order valence-electron chi connectivity index (χ2n) is 5.36. The van der Waals surface area contributed by atoms with Gasteiger partial charge in [-0.2, -0.15) is 0 Å². The molecule has 2 aromatic rings. The van der Waals surface area contributed by atoms with Gasteiger partial charge in [-0.25, -0.2) is 4.79 Å². The Morgan fingerprint density at radius 1 is 1.12 bits per heavy atom. The maximum Gasteiger partial charge on any atom is 0.342 e. The molecule has 0 radical (unpaired) electrons. The molecule has 0 fully saturated rings. The predicted octanol–water partition coefficient (Wildman–Crippen LogP) is 3.19. The van der Waals surface area contributed by atoms with E-state index in [0.29, 0.717) is 33.3 Å². The van der Waals surface area contributed by atoms with E-state index in [-0.39, 0.29) is 11.5 Å². The van der Waals surface area contributed by atoms with Gasteiger partial charge >= 0.3 is 5.97 Å². The van der Waals surface area contributed by atoms with Crippen LogP contribution in [0, 0.1) is 0 Å². The zero-order valence-corrected chi connectivity index (χ0v) is 13.6. The Hall–Kier alpha value is -2.73. The SMILES string of the molecule is COc1ccc2c(c1OC)C(=O)N1c3ccc(Cl)cc3C(=O)OC21. The molecule has 1 amide bonds. The van der Waals surface area contributed by atoms with Crippen molar-refractivity contribution in [3.8, 4) is 11.5 Å². The van der Waals surface area contributed by atoms with Crippen LogP contribution in [0.4, 0.5) is 5.69 Å². The zero-order chi connectivity index (χ0) is 17.0. The number of methoxy groups -OCH3 is 2.